The van der Waals surface area contributed by atoms with Gasteiger partial charge in [-0.1, -0.05) is 25.0 Å². The van der Waals surface area contributed by atoms with Crippen LogP contribution < -0.4 is 9.03 Å². The Balaban J connectivity index is 1.90. The molecule has 1 fully saturated rings. The summed E-state index contributed by atoms with van der Waals surface area (Å²) in [5, 5.41) is 0. The molecule has 0 saturated heterocycles. The van der Waals surface area contributed by atoms with E-state index in [0.29, 0.717) is 11.3 Å². The molecule has 0 amide bonds. The van der Waals surface area contributed by atoms with Crippen molar-refractivity contribution in [3.63, 3.8) is 0 Å². The van der Waals surface area contributed by atoms with Crippen LogP contribution in [0.15, 0.2) is 24.3 Å². The molecule has 2 aliphatic rings. The van der Waals surface area contributed by atoms with Crippen LogP contribution in [-0.2, 0) is 10.2 Å². The fourth-order valence-corrected chi connectivity index (χ4v) is 4.49. The van der Waals surface area contributed by atoms with Crippen LogP contribution in [0.2, 0.25) is 0 Å². The molecule has 0 radical (unpaired) electrons. The lowest BCUT2D eigenvalue weighted by Crippen LogP contribution is -2.47. The molecule has 1 aromatic carbocycles. The monoisotopic (exact) mass is 294 g/mol. The van der Waals surface area contributed by atoms with E-state index in [1.54, 1.807) is 24.3 Å². The van der Waals surface area contributed by atoms with Gasteiger partial charge in [-0.25, -0.2) is 0 Å². The Hall–Kier alpha value is -1.40. The summed E-state index contributed by atoms with van der Waals surface area (Å²) in [5.74, 6) is 0.00733. The van der Waals surface area contributed by atoms with Gasteiger partial charge in [0.05, 0.1) is 5.69 Å². The van der Waals surface area contributed by atoms with Crippen molar-refractivity contribution in [1.29, 1.82) is 0 Å². The first-order chi connectivity index (χ1) is 9.58. The third kappa shape index (κ3) is 2.45. The molecule has 0 bridgehead atoms. The maximum absolute atomic E-state index is 12.5. The van der Waals surface area contributed by atoms with Gasteiger partial charge in [0.15, 0.2) is 5.78 Å². The van der Waals surface area contributed by atoms with Crippen LogP contribution in [0.3, 0.4) is 0 Å². The van der Waals surface area contributed by atoms with E-state index < -0.39 is 10.2 Å². The molecule has 0 atom stereocenters. The highest BCUT2D eigenvalue weighted by atomic mass is 32.2. The predicted octanol–water partition coefficient (Wildman–Crippen LogP) is 1.86. The van der Waals surface area contributed by atoms with E-state index >= 15 is 0 Å². The molecule has 1 aliphatic heterocycles. The number of carbonyl (C=O) groups excluding carboxylic acids is 1. The fraction of sp³-hybridized carbons (Fsp3) is 0.500. The second kappa shape index (κ2) is 5.18. The minimum Gasteiger partial charge on any atom is -0.294 e. The number of hydrogen-bond donors (Lipinski definition) is 1. The maximum atomic E-state index is 12.5. The number of nitrogens with zero attached hydrogens (tertiary/aromatic N) is 1. The van der Waals surface area contributed by atoms with Crippen molar-refractivity contribution in [3.8, 4) is 0 Å². The Bertz CT molecular complexity index is 621. The van der Waals surface area contributed by atoms with E-state index in [-0.39, 0.29) is 24.8 Å². The zero-order valence-electron chi connectivity index (χ0n) is 11.2. The second-order valence-corrected chi connectivity index (χ2v) is 6.99. The van der Waals surface area contributed by atoms with Gasteiger partial charge in [-0.3, -0.25) is 9.10 Å². The summed E-state index contributed by atoms with van der Waals surface area (Å²) in [6, 6.07) is 6.94. The average Bonchev–Trinajstić information content (AvgIpc) is 2.91. The van der Waals surface area contributed by atoms with Gasteiger partial charge >= 0.3 is 10.2 Å². The van der Waals surface area contributed by atoms with Crippen molar-refractivity contribution < 1.29 is 13.2 Å². The van der Waals surface area contributed by atoms with E-state index in [0.717, 1.165) is 25.7 Å². The van der Waals surface area contributed by atoms with Gasteiger partial charge in [0, 0.05) is 24.6 Å². The molecule has 1 N–H and O–H groups in total. The van der Waals surface area contributed by atoms with Gasteiger partial charge in [-0.15, -0.1) is 0 Å². The molecule has 1 aromatic rings. The molecule has 3 rings (SSSR count). The first-order valence-electron chi connectivity index (χ1n) is 7.00. The topological polar surface area (TPSA) is 66.5 Å². The van der Waals surface area contributed by atoms with Gasteiger partial charge in [-0.05, 0) is 25.0 Å². The lowest BCUT2D eigenvalue weighted by atomic mass is 10.0. The van der Waals surface area contributed by atoms with E-state index in [4.69, 9.17) is 0 Å². The minimum absolute atomic E-state index is 0.00733. The molecule has 1 aliphatic carbocycles. The third-order valence-corrected chi connectivity index (χ3v) is 5.57. The number of nitrogens with one attached hydrogen (secondary N) is 1. The molecular formula is C14H18N2O3S. The number of Topliss-reactive ketones (excluding diaryl/α,β-unsaturated/α-hetero) is 1. The molecule has 20 heavy (non-hydrogen) atoms. The van der Waals surface area contributed by atoms with Crippen molar-refractivity contribution in [1.82, 2.24) is 4.72 Å². The summed E-state index contributed by atoms with van der Waals surface area (Å²) < 4.78 is 29.1. The average molecular weight is 294 g/mol. The highest BCUT2D eigenvalue weighted by Crippen LogP contribution is 2.29. The smallest absolute Gasteiger partial charge is 0.294 e. The number of carbonyl (C=O) groups is 1. The summed E-state index contributed by atoms with van der Waals surface area (Å²) in [6.45, 7) is 0.220. The number of para-hydroxylation sites is 1. The zero-order valence-corrected chi connectivity index (χ0v) is 12.0. The molecule has 0 unspecified atom stereocenters. The van der Waals surface area contributed by atoms with Crippen LogP contribution in [0.5, 0.6) is 0 Å². The first-order valence-corrected chi connectivity index (χ1v) is 8.44. The van der Waals surface area contributed by atoms with Crippen LogP contribution in [0, 0.1) is 0 Å². The Morgan fingerprint density at radius 2 is 1.85 bits per heavy atom. The number of anilines is 1. The SMILES string of the molecule is O=C1CCN(S(=O)(=O)NC2CCCC2)c2ccccc21. The van der Waals surface area contributed by atoms with Gasteiger partial charge in [0.1, 0.15) is 0 Å². The van der Waals surface area contributed by atoms with Gasteiger partial charge in [0.2, 0.25) is 0 Å². The van der Waals surface area contributed by atoms with E-state index in [1.165, 1.54) is 4.31 Å². The molecular weight excluding hydrogens is 276 g/mol. The Morgan fingerprint density at radius 1 is 1.15 bits per heavy atom. The predicted molar refractivity (Wildman–Crippen MR) is 77.0 cm³/mol. The maximum Gasteiger partial charge on any atom is 0.301 e. The summed E-state index contributed by atoms with van der Waals surface area (Å²) in [6.07, 6.45) is 4.18. The highest BCUT2D eigenvalue weighted by Gasteiger charge is 2.32. The van der Waals surface area contributed by atoms with E-state index in [9.17, 15) is 13.2 Å². The minimum atomic E-state index is -3.57. The van der Waals surface area contributed by atoms with E-state index in [1.807, 2.05) is 0 Å². The number of hydrogen-bond acceptors (Lipinski definition) is 3. The van der Waals surface area contributed by atoms with Crippen LogP contribution >= 0.6 is 0 Å². The molecule has 6 heteroatoms. The van der Waals surface area contributed by atoms with Gasteiger partial charge in [-0.2, -0.15) is 13.1 Å². The van der Waals surface area contributed by atoms with E-state index in [2.05, 4.69) is 4.72 Å². The standard InChI is InChI=1S/C14H18N2O3S/c17-14-9-10-16(13-8-4-3-7-12(13)14)20(18,19)15-11-5-1-2-6-11/h3-4,7-8,11,15H,1-2,5-6,9-10H2. The number of benzene rings is 1. The summed E-state index contributed by atoms with van der Waals surface area (Å²) in [5.41, 5.74) is 0.991. The number of ketones is 1. The summed E-state index contributed by atoms with van der Waals surface area (Å²) in [4.78, 5) is 11.9. The quantitative estimate of drug-likeness (QED) is 0.925. The van der Waals surface area contributed by atoms with Gasteiger partial charge < -0.3 is 0 Å². The van der Waals surface area contributed by atoms with Crippen molar-refractivity contribution >= 4 is 21.7 Å². The normalized spacial score (nSPS) is 20.2. The summed E-state index contributed by atoms with van der Waals surface area (Å²) in [7, 11) is -3.57. The van der Waals surface area contributed by atoms with Crippen molar-refractivity contribution in [2.24, 2.45) is 0 Å². The number of rotatable bonds is 3. The molecule has 0 aromatic heterocycles. The lowest BCUT2D eigenvalue weighted by molar-refractivity contribution is 0.0982. The molecule has 1 heterocycles. The number of fused-ring (bicyclic) bond motifs is 1. The molecule has 5 nitrogen and oxygen atoms in total. The first kappa shape index (κ1) is 13.6. The van der Waals surface area contributed by atoms with Crippen molar-refractivity contribution in [2.75, 3.05) is 10.8 Å². The Kier molecular flexibility index (Phi) is 3.52. The lowest BCUT2D eigenvalue weighted by Gasteiger charge is -2.30. The van der Waals surface area contributed by atoms with Crippen LogP contribution in [0.25, 0.3) is 0 Å². The van der Waals surface area contributed by atoms with Crippen molar-refractivity contribution in [2.45, 2.75) is 38.1 Å². The Labute approximate surface area is 119 Å². The Morgan fingerprint density at radius 3 is 2.60 bits per heavy atom. The largest absolute Gasteiger partial charge is 0.301 e. The third-order valence-electron chi connectivity index (χ3n) is 3.98. The highest BCUT2D eigenvalue weighted by molar-refractivity contribution is 7.90. The van der Waals surface area contributed by atoms with Crippen LogP contribution in [0.1, 0.15) is 42.5 Å². The van der Waals surface area contributed by atoms with Gasteiger partial charge in [0.25, 0.3) is 0 Å². The second-order valence-electron chi connectivity index (χ2n) is 5.37. The summed E-state index contributed by atoms with van der Waals surface area (Å²) >= 11 is 0. The molecule has 0 spiro atoms. The fourth-order valence-electron chi connectivity index (χ4n) is 2.95. The van der Waals surface area contributed by atoms with Crippen molar-refractivity contribution in [3.05, 3.63) is 29.8 Å². The zero-order chi connectivity index (χ0) is 14.2. The van der Waals surface area contributed by atoms with Crippen LogP contribution in [0.4, 0.5) is 5.69 Å². The van der Waals surface area contributed by atoms with Crippen LogP contribution in [-0.4, -0.2) is 26.8 Å². The molecule has 1 saturated carbocycles. The molecule has 108 valence electrons.